The molecule has 7 heteroatoms. The van der Waals surface area contributed by atoms with Gasteiger partial charge in [0.25, 0.3) is 0 Å². The Hall–Kier alpha value is -2.90. The van der Waals surface area contributed by atoms with Crippen LogP contribution in [0.15, 0.2) is 93.3 Å². The van der Waals surface area contributed by atoms with Crippen molar-refractivity contribution < 1.29 is 13.2 Å². The molecule has 0 aliphatic heterocycles. The van der Waals surface area contributed by atoms with Gasteiger partial charge in [0, 0.05) is 27.3 Å². The number of fused-ring (bicyclic) bond motifs is 1. The average Bonchev–Trinajstić information content (AvgIpc) is 3.11. The van der Waals surface area contributed by atoms with Crippen molar-refractivity contribution in [2.24, 2.45) is 0 Å². The van der Waals surface area contributed by atoms with Gasteiger partial charge in [-0.15, -0.1) is 0 Å². The highest BCUT2D eigenvalue weighted by molar-refractivity contribution is 9.10. The summed E-state index contributed by atoms with van der Waals surface area (Å²) < 4.78 is 29.0. The summed E-state index contributed by atoms with van der Waals surface area (Å²) in [6, 6.07) is 21.1. The van der Waals surface area contributed by atoms with E-state index in [0.29, 0.717) is 16.6 Å². The minimum atomic E-state index is -3.71. The number of aromatic nitrogens is 1. The van der Waals surface area contributed by atoms with Gasteiger partial charge in [-0.2, -0.15) is 0 Å². The van der Waals surface area contributed by atoms with E-state index >= 15 is 0 Å². The molecule has 0 unspecified atom stereocenters. The molecule has 0 aliphatic carbocycles. The van der Waals surface area contributed by atoms with Crippen molar-refractivity contribution in [3.05, 3.63) is 89.0 Å². The fourth-order valence-electron chi connectivity index (χ4n) is 3.36. The zero-order valence-electron chi connectivity index (χ0n) is 16.2. The number of nitrogens with zero attached hydrogens (tertiary/aromatic N) is 1. The Bertz CT molecular complexity index is 1350. The summed E-state index contributed by atoms with van der Waals surface area (Å²) in [4.78, 5) is 13.1. The lowest BCUT2D eigenvalue weighted by Crippen LogP contribution is -2.18. The number of carbonyl (C=O) groups excluding carboxylic acids is 1. The van der Waals surface area contributed by atoms with Crippen molar-refractivity contribution in [1.82, 2.24) is 4.57 Å². The molecule has 152 valence electrons. The molecule has 0 spiro atoms. The fourth-order valence-corrected chi connectivity index (χ4v) is 5.11. The molecule has 30 heavy (non-hydrogen) atoms. The maximum absolute atomic E-state index is 13.2. The number of para-hydroxylation sites is 1. The van der Waals surface area contributed by atoms with E-state index in [4.69, 9.17) is 0 Å². The van der Waals surface area contributed by atoms with Crippen LogP contribution in [0.5, 0.6) is 0 Å². The van der Waals surface area contributed by atoms with Gasteiger partial charge >= 0.3 is 0 Å². The van der Waals surface area contributed by atoms with Gasteiger partial charge in [0.1, 0.15) is 6.54 Å². The Morgan fingerprint density at radius 2 is 1.70 bits per heavy atom. The minimum absolute atomic E-state index is 0.0000649. The number of amides is 1. The fraction of sp³-hybridized carbons (Fsp3) is 0.0870. The Balaban J connectivity index is 1.69. The molecule has 1 aromatic heterocycles. The predicted octanol–water partition coefficient (Wildman–Crippen LogP) is 5.18. The molecule has 0 aliphatic rings. The number of benzene rings is 3. The molecule has 1 N–H and O–H groups in total. The van der Waals surface area contributed by atoms with Crippen LogP contribution < -0.4 is 5.32 Å². The molecule has 0 fully saturated rings. The molecule has 0 radical (unpaired) electrons. The number of rotatable bonds is 5. The molecule has 0 atom stereocenters. The Labute approximate surface area is 183 Å². The second kappa shape index (κ2) is 8.08. The van der Waals surface area contributed by atoms with E-state index in [1.807, 2.05) is 37.3 Å². The number of nitrogens with one attached hydrogen (secondary N) is 1. The standard InChI is InChI=1S/C23H19BrN2O3S/c1-16-13-17(11-12-20(16)24)25-23(27)15-26-14-22(19-9-5-6-10-21(19)26)30(28,29)18-7-3-2-4-8-18/h2-14H,15H2,1H3,(H,25,27). The number of sulfone groups is 1. The molecule has 4 aromatic rings. The lowest BCUT2D eigenvalue weighted by molar-refractivity contribution is -0.116. The molecule has 1 heterocycles. The maximum Gasteiger partial charge on any atom is 0.244 e. The van der Waals surface area contributed by atoms with E-state index in [9.17, 15) is 13.2 Å². The van der Waals surface area contributed by atoms with Crippen molar-refractivity contribution in [2.75, 3.05) is 5.32 Å². The molecule has 5 nitrogen and oxygen atoms in total. The third kappa shape index (κ3) is 3.91. The largest absolute Gasteiger partial charge is 0.337 e. The van der Waals surface area contributed by atoms with E-state index in [1.54, 1.807) is 53.2 Å². The molecular formula is C23H19BrN2O3S. The smallest absolute Gasteiger partial charge is 0.244 e. The van der Waals surface area contributed by atoms with Gasteiger partial charge in [-0.3, -0.25) is 4.79 Å². The summed E-state index contributed by atoms with van der Waals surface area (Å²) in [5.74, 6) is -0.235. The van der Waals surface area contributed by atoms with E-state index < -0.39 is 9.84 Å². The first-order valence-electron chi connectivity index (χ1n) is 9.30. The zero-order valence-corrected chi connectivity index (χ0v) is 18.6. The Kier molecular flexibility index (Phi) is 5.49. The highest BCUT2D eigenvalue weighted by Crippen LogP contribution is 2.30. The predicted molar refractivity (Wildman–Crippen MR) is 121 cm³/mol. The first kappa shape index (κ1) is 20.4. The van der Waals surface area contributed by atoms with Gasteiger partial charge in [0.15, 0.2) is 0 Å². The van der Waals surface area contributed by atoms with Crippen molar-refractivity contribution in [2.45, 2.75) is 23.3 Å². The first-order valence-corrected chi connectivity index (χ1v) is 11.6. The van der Waals surface area contributed by atoms with Crippen LogP contribution in [-0.4, -0.2) is 18.9 Å². The van der Waals surface area contributed by atoms with Crippen LogP contribution in [0.25, 0.3) is 10.9 Å². The third-order valence-corrected chi connectivity index (χ3v) is 7.54. The summed E-state index contributed by atoms with van der Waals surface area (Å²) in [6.45, 7) is 1.94. The maximum atomic E-state index is 13.2. The second-order valence-corrected chi connectivity index (χ2v) is 9.74. The van der Waals surface area contributed by atoms with Crippen LogP contribution in [0, 0.1) is 6.92 Å². The topological polar surface area (TPSA) is 68.2 Å². The van der Waals surface area contributed by atoms with Crippen molar-refractivity contribution >= 4 is 48.3 Å². The lowest BCUT2D eigenvalue weighted by Gasteiger charge is -2.09. The molecule has 0 bridgehead atoms. The van der Waals surface area contributed by atoms with Gasteiger partial charge < -0.3 is 9.88 Å². The van der Waals surface area contributed by atoms with Crippen molar-refractivity contribution in [1.29, 1.82) is 0 Å². The molecule has 3 aromatic carbocycles. The average molecular weight is 483 g/mol. The number of carbonyl (C=O) groups is 1. The van der Waals surface area contributed by atoms with Crippen LogP contribution in [0.4, 0.5) is 5.69 Å². The summed E-state index contributed by atoms with van der Waals surface area (Å²) in [5, 5.41) is 3.46. The van der Waals surface area contributed by atoms with Gasteiger partial charge in [-0.25, -0.2) is 8.42 Å². The highest BCUT2D eigenvalue weighted by atomic mass is 79.9. The van der Waals surface area contributed by atoms with Crippen molar-refractivity contribution in [3.63, 3.8) is 0 Å². The summed E-state index contributed by atoms with van der Waals surface area (Å²) in [7, 11) is -3.71. The Morgan fingerprint density at radius 3 is 2.43 bits per heavy atom. The third-order valence-electron chi connectivity index (χ3n) is 4.85. The first-order chi connectivity index (χ1) is 14.4. The molecule has 4 rings (SSSR count). The second-order valence-electron chi connectivity index (χ2n) is 6.97. The number of halogens is 1. The highest BCUT2D eigenvalue weighted by Gasteiger charge is 2.23. The van der Waals surface area contributed by atoms with Crippen LogP contribution >= 0.6 is 15.9 Å². The summed E-state index contributed by atoms with van der Waals surface area (Å²) in [6.07, 6.45) is 1.54. The molecule has 0 saturated carbocycles. The van der Waals surface area contributed by atoms with E-state index in [-0.39, 0.29) is 22.2 Å². The van der Waals surface area contributed by atoms with Crippen LogP contribution in [-0.2, 0) is 21.2 Å². The van der Waals surface area contributed by atoms with Crippen LogP contribution in [0.3, 0.4) is 0 Å². The number of hydrogen-bond donors (Lipinski definition) is 1. The zero-order chi connectivity index (χ0) is 21.3. The van der Waals surface area contributed by atoms with E-state index in [2.05, 4.69) is 21.2 Å². The van der Waals surface area contributed by atoms with Crippen LogP contribution in [0.1, 0.15) is 5.56 Å². The van der Waals surface area contributed by atoms with Gasteiger partial charge in [-0.05, 0) is 48.9 Å². The van der Waals surface area contributed by atoms with E-state index in [1.165, 1.54) is 0 Å². The van der Waals surface area contributed by atoms with Gasteiger partial charge in [0.2, 0.25) is 15.7 Å². The lowest BCUT2D eigenvalue weighted by atomic mass is 10.2. The Morgan fingerprint density at radius 1 is 1.00 bits per heavy atom. The number of anilines is 1. The molecule has 0 saturated heterocycles. The molecule has 1 amide bonds. The molecular weight excluding hydrogens is 464 g/mol. The summed E-state index contributed by atoms with van der Waals surface area (Å²) >= 11 is 3.44. The SMILES string of the molecule is Cc1cc(NC(=O)Cn2cc(S(=O)(=O)c3ccccc3)c3ccccc32)ccc1Br. The van der Waals surface area contributed by atoms with Gasteiger partial charge in [0.05, 0.1) is 9.79 Å². The van der Waals surface area contributed by atoms with Crippen molar-refractivity contribution in [3.8, 4) is 0 Å². The quantitative estimate of drug-likeness (QED) is 0.425. The van der Waals surface area contributed by atoms with Gasteiger partial charge in [-0.1, -0.05) is 52.3 Å². The van der Waals surface area contributed by atoms with Crippen LogP contribution in [0.2, 0.25) is 0 Å². The minimum Gasteiger partial charge on any atom is -0.337 e. The van der Waals surface area contributed by atoms with E-state index in [0.717, 1.165) is 10.0 Å². The monoisotopic (exact) mass is 482 g/mol. The normalized spacial score (nSPS) is 11.5. The summed E-state index contributed by atoms with van der Waals surface area (Å²) in [5.41, 5.74) is 2.39. The number of aryl methyl sites for hydroxylation is 1. The number of hydrogen-bond acceptors (Lipinski definition) is 3.